The van der Waals surface area contributed by atoms with Crippen LogP contribution < -0.4 is 20.1 Å². The minimum Gasteiger partial charge on any atom is -0.493 e. The summed E-state index contributed by atoms with van der Waals surface area (Å²) in [6.45, 7) is 0.283. The van der Waals surface area contributed by atoms with E-state index in [1.54, 1.807) is 25.3 Å². The lowest BCUT2D eigenvalue weighted by atomic mass is 10.1. The molecule has 10 heteroatoms. The van der Waals surface area contributed by atoms with Gasteiger partial charge in [0, 0.05) is 24.9 Å². The Labute approximate surface area is 178 Å². The normalized spacial score (nSPS) is 10.7. The molecule has 0 spiro atoms. The molecule has 1 amide bonds. The maximum absolute atomic E-state index is 12.2. The molecule has 0 aromatic heterocycles. The lowest BCUT2D eigenvalue weighted by molar-refractivity contribution is -0.384. The van der Waals surface area contributed by atoms with E-state index in [0.29, 0.717) is 17.9 Å². The Morgan fingerprint density at radius 1 is 1.23 bits per heavy atom. The van der Waals surface area contributed by atoms with Crippen LogP contribution in [0, 0.1) is 21.4 Å². The van der Waals surface area contributed by atoms with E-state index in [0.717, 1.165) is 11.8 Å². The van der Waals surface area contributed by atoms with Crippen LogP contribution in [0.2, 0.25) is 5.02 Å². The number of non-ortho nitro benzene ring substituents is 1. The number of nitrogens with one attached hydrogen (secondary N) is 2. The number of hydrogen-bond acceptors (Lipinski definition) is 7. The first-order valence-corrected chi connectivity index (χ1v) is 9.07. The minimum atomic E-state index is -0.591. The fraction of sp³-hybridized carbons (Fsp3) is 0.200. The van der Waals surface area contributed by atoms with Gasteiger partial charge in [0.05, 0.1) is 29.9 Å². The monoisotopic (exact) mass is 430 g/mol. The smallest absolute Gasteiger partial charge is 0.271 e. The van der Waals surface area contributed by atoms with Crippen molar-refractivity contribution in [3.05, 3.63) is 68.9 Å². The number of methoxy groups -OCH3 is 2. The average Bonchev–Trinajstić information content (AvgIpc) is 2.74. The Bertz CT molecular complexity index is 1020. The number of nitro benzene ring substituents is 1. The van der Waals surface area contributed by atoms with Crippen molar-refractivity contribution >= 4 is 28.9 Å². The summed E-state index contributed by atoms with van der Waals surface area (Å²) >= 11 is 5.99. The van der Waals surface area contributed by atoms with Gasteiger partial charge < -0.3 is 20.1 Å². The highest BCUT2D eigenvalue weighted by Crippen LogP contribution is 2.28. The number of anilines is 1. The second-order valence-electron chi connectivity index (χ2n) is 5.93. The van der Waals surface area contributed by atoms with Gasteiger partial charge in [-0.05, 0) is 30.2 Å². The van der Waals surface area contributed by atoms with Crippen LogP contribution in [-0.2, 0) is 11.2 Å². The number of nitrogens with zero attached hydrogens (tertiary/aromatic N) is 2. The van der Waals surface area contributed by atoms with Crippen LogP contribution in [0.15, 0.2) is 48.2 Å². The van der Waals surface area contributed by atoms with Crippen LogP contribution in [0.3, 0.4) is 0 Å². The molecule has 2 aromatic carbocycles. The fourth-order valence-corrected chi connectivity index (χ4v) is 2.66. The summed E-state index contributed by atoms with van der Waals surface area (Å²) in [6, 6.07) is 11.0. The van der Waals surface area contributed by atoms with Gasteiger partial charge in [-0.1, -0.05) is 17.7 Å². The van der Waals surface area contributed by atoms with Crippen molar-refractivity contribution in [1.29, 1.82) is 5.26 Å². The number of hydrogen-bond donors (Lipinski definition) is 2. The van der Waals surface area contributed by atoms with E-state index in [4.69, 9.17) is 21.1 Å². The van der Waals surface area contributed by atoms with Crippen molar-refractivity contribution in [1.82, 2.24) is 5.32 Å². The molecule has 0 aliphatic heterocycles. The summed E-state index contributed by atoms with van der Waals surface area (Å²) < 4.78 is 10.4. The van der Waals surface area contributed by atoms with Crippen LogP contribution >= 0.6 is 11.6 Å². The van der Waals surface area contributed by atoms with Crippen LogP contribution in [0.4, 0.5) is 11.4 Å². The molecule has 2 rings (SSSR count). The lowest BCUT2D eigenvalue weighted by Crippen LogP contribution is -2.27. The number of carbonyl (C=O) groups excluding carboxylic acids is 1. The third kappa shape index (κ3) is 5.86. The zero-order valence-corrected chi connectivity index (χ0v) is 17.0. The number of ether oxygens (including phenoxy) is 2. The van der Waals surface area contributed by atoms with E-state index in [2.05, 4.69) is 10.6 Å². The molecule has 0 bridgehead atoms. The fourth-order valence-electron chi connectivity index (χ4n) is 2.49. The van der Waals surface area contributed by atoms with Crippen molar-refractivity contribution in [3.63, 3.8) is 0 Å². The van der Waals surface area contributed by atoms with Crippen LogP contribution in [0.25, 0.3) is 0 Å². The van der Waals surface area contributed by atoms with Gasteiger partial charge in [-0.15, -0.1) is 0 Å². The highest BCUT2D eigenvalue weighted by Gasteiger charge is 2.12. The first-order chi connectivity index (χ1) is 14.4. The van der Waals surface area contributed by atoms with Gasteiger partial charge in [0.2, 0.25) is 0 Å². The third-order valence-electron chi connectivity index (χ3n) is 4.05. The van der Waals surface area contributed by atoms with Gasteiger partial charge in [0.25, 0.3) is 11.6 Å². The lowest BCUT2D eigenvalue weighted by Gasteiger charge is -2.10. The number of benzene rings is 2. The molecule has 0 aliphatic carbocycles. The van der Waals surface area contributed by atoms with E-state index >= 15 is 0 Å². The summed E-state index contributed by atoms with van der Waals surface area (Å²) in [5.41, 5.74) is 0.742. The summed E-state index contributed by atoms with van der Waals surface area (Å²) in [6.07, 6.45) is 1.66. The first kappa shape index (κ1) is 22.5. The van der Waals surface area contributed by atoms with E-state index in [1.807, 2.05) is 6.07 Å². The average molecular weight is 431 g/mol. The van der Waals surface area contributed by atoms with Crippen LogP contribution in [0.1, 0.15) is 5.56 Å². The predicted molar refractivity (Wildman–Crippen MR) is 112 cm³/mol. The summed E-state index contributed by atoms with van der Waals surface area (Å²) in [5.74, 6) is 0.592. The standard InChI is InChI=1S/C20H19ClN4O5/c1-29-18-6-3-13(9-19(18)30-2)7-8-23-20(26)14(11-22)12-24-17-10-15(25(27)28)4-5-16(17)21/h3-6,9-10,12,24H,7-8H2,1-2H3,(H,23,26)/b14-12-. The quantitative estimate of drug-likeness (QED) is 0.270. The topological polar surface area (TPSA) is 127 Å². The molecule has 0 aliphatic rings. The van der Waals surface area contributed by atoms with Crippen molar-refractivity contribution in [2.24, 2.45) is 0 Å². The van der Waals surface area contributed by atoms with Crippen LogP contribution in [0.5, 0.6) is 11.5 Å². The van der Waals surface area contributed by atoms with Gasteiger partial charge in [0.1, 0.15) is 11.6 Å². The van der Waals surface area contributed by atoms with Crippen molar-refractivity contribution < 1.29 is 19.2 Å². The van der Waals surface area contributed by atoms with E-state index in [1.165, 1.54) is 25.3 Å². The molecule has 0 heterocycles. The maximum atomic E-state index is 12.2. The first-order valence-electron chi connectivity index (χ1n) is 8.69. The number of rotatable bonds is 9. The molecule has 156 valence electrons. The minimum absolute atomic E-state index is 0.173. The van der Waals surface area contributed by atoms with Gasteiger partial charge in [-0.25, -0.2) is 0 Å². The summed E-state index contributed by atoms with van der Waals surface area (Å²) in [5, 5.41) is 25.6. The molecule has 30 heavy (non-hydrogen) atoms. The summed E-state index contributed by atoms with van der Waals surface area (Å²) in [4.78, 5) is 22.5. The Kier molecular flexibility index (Phi) is 8.02. The Morgan fingerprint density at radius 3 is 2.60 bits per heavy atom. The van der Waals surface area contributed by atoms with Crippen LogP contribution in [-0.4, -0.2) is 31.6 Å². The molecule has 0 unspecified atom stereocenters. The Morgan fingerprint density at radius 2 is 1.97 bits per heavy atom. The maximum Gasteiger partial charge on any atom is 0.271 e. The number of carbonyl (C=O) groups is 1. The molecule has 2 N–H and O–H groups in total. The molecule has 0 fully saturated rings. The van der Waals surface area contributed by atoms with E-state index in [9.17, 15) is 20.2 Å². The molecule has 2 aromatic rings. The molecule has 9 nitrogen and oxygen atoms in total. The predicted octanol–water partition coefficient (Wildman–Crippen LogP) is 3.44. The molecular weight excluding hydrogens is 412 g/mol. The molecule has 0 saturated carbocycles. The highest BCUT2D eigenvalue weighted by molar-refractivity contribution is 6.33. The zero-order chi connectivity index (χ0) is 22.1. The Hall–Kier alpha value is -3.77. The molecular formula is C20H19ClN4O5. The van der Waals surface area contributed by atoms with E-state index in [-0.39, 0.29) is 28.5 Å². The molecule has 0 saturated heterocycles. The van der Waals surface area contributed by atoms with Crippen molar-refractivity contribution in [2.45, 2.75) is 6.42 Å². The number of nitro groups is 1. The second kappa shape index (κ2) is 10.7. The Balaban J connectivity index is 1.99. The SMILES string of the molecule is COc1ccc(CCNC(=O)/C(C#N)=C\Nc2cc([N+](=O)[O-])ccc2Cl)cc1OC. The number of nitriles is 1. The van der Waals surface area contributed by atoms with Gasteiger partial charge in [-0.2, -0.15) is 5.26 Å². The second-order valence-corrected chi connectivity index (χ2v) is 6.34. The largest absolute Gasteiger partial charge is 0.493 e. The van der Waals surface area contributed by atoms with E-state index < -0.39 is 10.8 Å². The van der Waals surface area contributed by atoms with Gasteiger partial charge in [-0.3, -0.25) is 14.9 Å². The number of amides is 1. The van der Waals surface area contributed by atoms with Crippen molar-refractivity contribution in [2.75, 3.05) is 26.1 Å². The van der Waals surface area contributed by atoms with Crippen molar-refractivity contribution in [3.8, 4) is 17.6 Å². The van der Waals surface area contributed by atoms with Gasteiger partial charge in [0.15, 0.2) is 11.5 Å². The number of halogens is 1. The zero-order valence-electron chi connectivity index (χ0n) is 16.3. The highest BCUT2D eigenvalue weighted by atomic mass is 35.5. The van der Waals surface area contributed by atoms with Gasteiger partial charge >= 0.3 is 0 Å². The molecule has 0 atom stereocenters. The molecule has 0 radical (unpaired) electrons. The third-order valence-corrected chi connectivity index (χ3v) is 4.37. The summed E-state index contributed by atoms with van der Waals surface area (Å²) in [7, 11) is 3.08.